The Morgan fingerprint density at radius 3 is 2.62 bits per heavy atom. The molecule has 2 rings (SSSR count). The molecule has 0 saturated heterocycles. The molecule has 9 heteroatoms. The smallest absolute Gasteiger partial charge is 0.406 e. The predicted octanol–water partition coefficient (Wildman–Crippen LogP) is 3.07. The molecule has 1 aromatic heterocycles. The Hall–Kier alpha value is -2.97. The Kier molecular flexibility index (Phi) is 6.26. The van der Waals surface area contributed by atoms with Gasteiger partial charge >= 0.3 is 6.18 Å². The van der Waals surface area contributed by atoms with Crippen LogP contribution in [0.4, 0.5) is 13.2 Å². The van der Waals surface area contributed by atoms with E-state index >= 15 is 0 Å². The Morgan fingerprint density at radius 1 is 1.27 bits per heavy atom. The quantitative estimate of drug-likeness (QED) is 0.667. The lowest BCUT2D eigenvalue weighted by molar-refractivity contribution is -0.164. The number of hydrogen-bond acceptors (Lipinski definition) is 5. The third-order valence-corrected chi connectivity index (χ3v) is 3.32. The van der Waals surface area contributed by atoms with Gasteiger partial charge in [-0.2, -0.15) is 13.2 Å². The lowest BCUT2D eigenvalue weighted by Crippen LogP contribution is -2.40. The van der Waals surface area contributed by atoms with Gasteiger partial charge in [0.25, 0.3) is 5.91 Å². The summed E-state index contributed by atoms with van der Waals surface area (Å²) in [4.78, 5) is 23.5. The molecule has 6 nitrogen and oxygen atoms in total. The highest BCUT2D eigenvalue weighted by molar-refractivity contribution is 5.78. The largest absolute Gasteiger partial charge is 0.493 e. The van der Waals surface area contributed by atoms with E-state index in [0.717, 1.165) is 0 Å². The average Bonchev–Trinajstić information content (AvgIpc) is 3.10. The Bertz CT molecular complexity index is 743. The number of benzene rings is 1. The molecule has 0 saturated carbocycles. The van der Waals surface area contributed by atoms with Crippen LogP contribution in [0.5, 0.6) is 11.5 Å². The summed E-state index contributed by atoms with van der Waals surface area (Å²) in [7, 11) is 1.34. The van der Waals surface area contributed by atoms with Crippen LogP contribution in [-0.2, 0) is 11.3 Å². The number of aldehydes is 1. The number of methoxy groups -OCH3 is 1. The van der Waals surface area contributed by atoms with Crippen LogP contribution in [0.25, 0.3) is 0 Å². The van der Waals surface area contributed by atoms with Crippen LogP contribution < -0.4 is 9.47 Å². The minimum absolute atomic E-state index is 0.136. The van der Waals surface area contributed by atoms with Gasteiger partial charge < -0.3 is 18.8 Å². The molecular formula is C17H16F3NO5. The molecule has 1 aromatic carbocycles. The second-order valence-electron chi connectivity index (χ2n) is 5.26. The van der Waals surface area contributed by atoms with Crippen LogP contribution in [-0.4, -0.2) is 43.5 Å². The van der Waals surface area contributed by atoms with Crippen molar-refractivity contribution in [3.05, 3.63) is 47.9 Å². The summed E-state index contributed by atoms with van der Waals surface area (Å²) in [5, 5.41) is 0. The van der Waals surface area contributed by atoms with Crippen molar-refractivity contribution in [1.82, 2.24) is 4.90 Å². The number of carbonyl (C=O) groups is 2. The normalized spacial score (nSPS) is 11.1. The van der Waals surface area contributed by atoms with Crippen LogP contribution in [0.15, 0.2) is 41.0 Å². The highest BCUT2D eigenvalue weighted by atomic mass is 19.4. The van der Waals surface area contributed by atoms with Crippen molar-refractivity contribution in [3.63, 3.8) is 0 Å². The van der Waals surface area contributed by atoms with E-state index in [9.17, 15) is 22.8 Å². The van der Waals surface area contributed by atoms with Crippen LogP contribution in [0.3, 0.4) is 0 Å². The van der Waals surface area contributed by atoms with E-state index < -0.39 is 25.2 Å². The highest BCUT2D eigenvalue weighted by Crippen LogP contribution is 2.27. The predicted molar refractivity (Wildman–Crippen MR) is 84.1 cm³/mol. The zero-order valence-corrected chi connectivity index (χ0v) is 13.8. The number of halogens is 3. The van der Waals surface area contributed by atoms with Crippen molar-refractivity contribution in [2.45, 2.75) is 12.7 Å². The molecule has 0 fully saturated rings. The summed E-state index contributed by atoms with van der Waals surface area (Å²) >= 11 is 0. The van der Waals surface area contributed by atoms with E-state index in [2.05, 4.69) is 0 Å². The fourth-order valence-corrected chi connectivity index (χ4v) is 2.15. The first-order valence-corrected chi connectivity index (χ1v) is 7.45. The second kappa shape index (κ2) is 8.41. The maximum Gasteiger partial charge on any atom is 0.406 e. The Labute approximate surface area is 147 Å². The zero-order valence-electron chi connectivity index (χ0n) is 13.8. The summed E-state index contributed by atoms with van der Waals surface area (Å²) in [6.07, 6.45) is -2.65. The summed E-state index contributed by atoms with van der Waals surface area (Å²) in [6.45, 7) is -2.40. The molecule has 140 valence electrons. The highest BCUT2D eigenvalue weighted by Gasteiger charge is 2.33. The van der Waals surface area contributed by atoms with Gasteiger partial charge in [0.2, 0.25) is 0 Å². The third-order valence-electron chi connectivity index (χ3n) is 3.32. The summed E-state index contributed by atoms with van der Waals surface area (Å²) in [6, 6.07) is 7.21. The molecule has 0 aliphatic carbocycles. The van der Waals surface area contributed by atoms with Crippen molar-refractivity contribution in [2.24, 2.45) is 0 Å². The van der Waals surface area contributed by atoms with Crippen LogP contribution in [0, 0.1) is 0 Å². The molecule has 0 atom stereocenters. The van der Waals surface area contributed by atoms with Gasteiger partial charge in [-0.05, 0) is 30.3 Å². The topological polar surface area (TPSA) is 69.0 Å². The molecule has 0 bridgehead atoms. The fourth-order valence-electron chi connectivity index (χ4n) is 2.15. The Balaban J connectivity index is 2.07. The van der Waals surface area contributed by atoms with Crippen molar-refractivity contribution >= 4 is 12.2 Å². The minimum atomic E-state index is -4.56. The third kappa shape index (κ3) is 5.54. The van der Waals surface area contributed by atoms with Gasteiger partial charge in [-0.25, -0.2) is 0 Å². The first kappa shape index (κ1) is 19.4. The molecule has 0 spiro atoms. The number of nitrogens with zero attached hydrogens (tertiary/aromatic N) is 1. The molecule has 1 amide bonds. The average molecular weight is 371 g/mol. The summed E-state index contributed by atoms with van der Waals surface area (Å²) < 4.78 is 53.5. The molecule has 0 N–H and O–H groups in total. The second-order valence-corrected chi connectivity index (χ2v) is 5.26. The van der Waals surface area contributed by atoms with Gasteiger partial charge in [0, 0.05) is 5.56 Å². The van der Waals surface area contributed by atoms with Crippen LogP contribution in [0.2, 0.25) is 0 Å². The zero-order chi connectivity index (χ0) is 19.2. The standard InChI is InChI=1S/C17H16F3NO5/c1-24-15-7-12(9-22)4-5-14(15)26-10-16(23)21(11-17(18,19)20)8-13-3-2-6-25-13/h2-7,9H,8,10-11H2,1H3. The fraction of sp³-hybridized carbons (Fsp3) is 0.294. The van der Waals surface area contributed by atoms with E-state index in [1.54, 1.807) is 0 Å². The van der Waals surface area contributed by atoms with Crippen LogP contribution in [0.1, 0.15) is 16.1 Å². The number of amides is 1. The Morgan fingerprint density at radius 2 is 2.04 bits per heavy atom. The van der Waals surface area contributed by atoms with Crippen molar-refractivity contribution in [1.29, 1.82) is 0 Å². The molecule has 0 unspecified atom stereocenters. The number of rotatable bonds is 8. The van der Waals surface area contributed by atoms with Crippen molar-refractivity contribution in [3.8, 4) is 11.5 Å². The summed E-state index contributed by atoms with van der Waals surface area (Å²) in [5.74, 6) is -0.331. The van der Waals surface area contributed by atoms with Crippen molar-refractivity contribution < 1.29 is 36.7 Å². The molecular weight excluding hydrogens is 355 g/mol. The number of furan rings is 1. The molecule has 0 radical (unpaired) electrons. The van der Waals surface area contributed by atoms with E-state index in [4.69, 9.17) is 13.9 Å². The van der Waals surface area contributed by atoms with Crippen molar-refractivity contribution in [2.75, 3.05) is 20.3 Å². The van der Waals surface area contributed by atoms with E-state index in [1.807, 2.05) is 0 Å². The van der Waals surface area contributed by atoms with E-state index in [0.29, 0.717) is 16.7 Å². The lowest BCUT2D eigenvalue weighted by atomic mass is 10.2. The van der Waals surface area contributed by atoms with Gasteiger partial charge in [-0.1, -0.05) is 0 Å². The van der Waals surface area contributed by atoms with Gasteiger partial charge in [0.15, 0.2) is 18.1 Å². The van der Waals surface area contributed by atoms with Gasteiger partial charge in [-0.15, -0.1) is 0 Å². The van der Waals surface area contributed by atoms with Crippen LogP contribution >= 0.6 is 0 Å². The first-order valence-electron chi connectivity index (χ1n) is 7.45. The molecule has 0 aliphatic heterocycles. The molecule has 0 aliphatic rings. The monoisotopic (exact) mass is 371 g/mol. The number of ether oxygens (including phenoxy) is 2. The summed E-state index contributed by atoms with van der Waals surface area (Å²) in [5.41, 5.74) is 0.331. The first-order chi connectivity index (χ1) is 12.3. The van der Waals surface area contributed by atoms with E-state index in [-0.39, 0.29) is 23.8 Å². The molecule has 1 heterocycles. The van der Waals surface area contributed by atoms with E-state index in [1.165, 1.54) is 43.7 Å². The maximum atomic E-state index is 12.7. The van der Waals surface area contributed by atoms with Gasteiger partial charge in [0.05, 0.1) is 19.9 Å². The number of alkyl halides is 3. The molecule has 2 aromatic rings. The SMILES string of the molecule is COc1cc(C=O)ccc1OCC(=O)N(Cc1ccco1)CC(F)(F)F. The lowest BCUT2D eigenvalue weighted by Gasteiger charge is -2.23. The minimum Gasteiger partial charge on any atom is -0.493 e. The maximum absolute atomic E-state index is 12.7. The number of hydrogen-bond donors (Lipinski definition) is 0. The number of carbonyl (C=O) groups excluding carboxylic acids is 2. The molecule has 26 heavy (non-hydrogen) atoms. The van der Waals surface area contributed by atoms with Gasteiger partial charge in [0.1, 0.15) is 18.6 Å². The van der Waals surface area contributed by atoms with Gasteiger partial charge in [-0.3, -0.25) is 9.59 Å².